The van der Waals surface area contributed by atoms with Gasteiger partial charge in [0, 0.05) is 32.4 Å². The fourth-order valence-corrected chi connectivity index (χ4v) is 3.85. The lowest BCUT2D eigenvalue weighted by molar-refractivity contribution is 0.102. The molecule has 30 heavy (non-hydrogen) atoms. The van der Waals surface area contributed by atoms with Crippen LogP contribution in [0.15, 0.2) is 54.9 Å². The zero-order valence-electron chi connectivity index (χ0n) is 15.2. The van der Waals surface area contributed by atoms with Gasteiger partial charge in [-0.3, -0.25) is 14.6 Å². The molecule has 0 aliphatic heterocycles. The molecule has 4 aromatic rings. The molecule has 0 unspecified atom stereocenters. The highest BCUT2D eigenvalue weighted by Crippen LogP contribution is 2.29. The minimum Gasteiger partial charge on any atom is -0.318 e. The van der Waals surface area contributed by atoms with E-state index in [2.05, 4.69) is 20.6 Å². The first-order chi connectivity index (χ1) is 14.4. The molecule has 0 radical (unpaired) electrons. The van der Waals surface area contributed by atoms with Crippen molar-refractivity contribution in [3.63, 3.8) is 0 Å². The summed E-state index contributed by atoms with van der Waals surface area (Å²) in [5, 5.41) is 15.9. The van der Waals surface area contributed by atoms with Gasteiger partial charge in [-0.25, -0.2) is 0 Å². The highest BCUT2D eigenvalue weighted by molar-refractivity contribution is 6.36. The van der Waals surface area contributed by atoms with Crippen molar-refractivity contribution >= 4 is 58.0 Å². The van der Waals surface area contributed by atoms with E-state index in [9.17, 15) is 4.79 Å². The summed E-state index contributed by atoms with van der Waals surface area (Å²) >= 11 is 24.5. The van der Waals surface area contributed by atoms with Crippen molar-refractivity contribution in [1.82, 2.24) is 20.0 Å². The molecule has 4 rings (SSSR count). The van der Waals surface area contributed by atoms with Crippen LogP contribution in [-0.4, -0.2) is 25.9 Å². The van der Waals surface area contributed by atoms with E-state index in [1.54, 1.807) is 53.3 Å². The van der Waals surface area contributed by atoms with Crippen LogP contribution in [-0.2, 0) is 6.54 Å². The summed E-state index contributed by atoms with van der Waals surface area (Å²) in [6.07, 6.45) is 3.22. The Labute approximate surface area is 191 Å². The van der Waals surface area contributed by atoms with Gasteiger partial charge >= 0.3 is 0 Å². The van der Waals surface area contributed by atoms with Gasteiger partial charge in [-0.05, 0) is 36.4 Å². The van der Waals surface area contributed by atoms with Gasteiger partial charge < -0.3 is 5.32 Å². The second kappa shape index (κ2) is 8.70. The fraction of sp³-hybridized carbons (Fsp3) is 0.0500. The molecule has 0 atom stereocenters. The van der Waals surface area contributed by atoms with Gasteiger partial charge in [0.15, 0.2) is 0 Å². The van der Waals surface area contributed by atoms with E-state index in [0.29, 0.717) is 43.6 Å². The molecule has 0 saturated heterocycles. The number of H-pyrrole nitrogens is 1. The molecular formula is C20H13Cl4N5O. The molecule has 0 bridgehead atoms. The first kappa shape index (κ1) is 20.8. The van der Waals surface area contributed by atoms with Crippen LogP contribution in [0.25, 0.3) is 11.3 Å². The molecule has 2 N–H and O–H groups in total. The minimum absolute atomic E-state index is 0.276. The van der Waals surface area contributed by atoms with E-state index in [1.807, 2.05) is 0 Å². The number of nitrogens with one attached hydrogen (secondary N) is 2. The van der Waals surface area contributed by atoms with E-state index in [1.165, 1.54) is 6.20 Å². The molecule has 6 nitrogen and oxygen atoms in total. The smallest absolute Gasteiger partial charge is 0.273 e. The minimum atomic E-state index is -0.367. The molecule has 10 heteroatoms. The molecule has 2 heterocycles. The Morgan fingerprint density at radius 3 is 2.53 bits per heavy atom. The Kier molecular flexibility index (Phi) is 6.01. The molecule has 1 amide bonds. The standard InChI is InChI=1S/C20H13Cl4N5O/c21-11-4-5-13(17(24)6-11)18-7-19(28-27-18)20(30)26-12-8-25-29(9-12)10-14-15(22)2-1-3-16(14)23/h1-9H,10H2,(H,26,30)(H,27,28). The van der Waals surface area contributed by atoms with Crippen LogP contribution in [0.5, 0.6) is 0 Å². The van der Waals surface area contributed by atoms with Gasteiger partial charge in [-0.15, -0.1) is 0 Å². The summed E-state index contributed by atoms with van der Waals surface area (Å²) < 4.78 is 1.63. The Balaban J connectivity index is 1.47. The Bertz CT molecular complexity index is 1210. The number of aromatic amines is 1. The molecule has 0 fully saturated rings. The number of hydrogen-bond donors (Lipinski definition) is 2. The first-order valence-corrected chi connectivity index (χ1v) is 10.2. The van der Waals surface area contributed by atoms with Crippen molar-refractivity contribution in [2.24, 2.45) is 0 Å². The van der Waals surface area contributed by atoms with Gasteiger partial charge in [0.1, 0.15) is 5.69 Å². The van der Waals surface area contributed by atoms with Crippen LogP contribution in [0.3, 0.4) is 0 Å². The summed E-state index contributed by atoms with van der Waals surface area (Å²) in [6, 6.07) is 12.0. The number of anilines is 1. The lowest BCUT2D eigenvalue weighted by atomic mass is 10.1. The van der Waals surface area contributed by atoms with Crippen LogP contribution >= 0.6 is 46.4 Å². The third kappa shape index (κ3) is 4.47. The molecule has 0 aliphatic rings. The zero-order chi connectivity index (χ0) is 21.3. The van der Waals surface area contributed by atoms with Gasteiger partial charge in [-0.1, -0.05) is 52.5 Å². The monoisotopic (exact) mass is 479 g/mol. The number of nitrogens with zero attached hydrogens (tertiary/aromatic N) is 3. The van der Waals surface area contributed by atoms with Crippen LogP contribution in [0, 0.1) is 0 Å². The van der Waals surface area contributed by atoms with Crippen molar-refractivity contribution < 1.29 is 4.79 Å². The number of benzene rings is 2. The predicted molar refractivity (Wildman–Crippen MR) is 120 cm³/mol. The van der Waals surface area contributed by atoms with E-state index < -0.39 is 0 Å². The number of halogens is 4. The van der Waals surface area contributed by atoms with E-state index >= 15 is 0 Å². The van der Waals surface area contributed by atoms with E-state index in [0.717, 1.165) is 5.56 Å². The fourth-order valence-electron chi connectivity index (χ4n) is 2.83. The number of carbonyl (C=O) groups excluding carboxylic acids is 1. The zero-order valence-corrected chi connectivity index (χ0v) is 18.2. The summed E-state index contributed by atoms with van der Waals surface area (Å²) in [4.78, 5) is 12.6. The van der Waals surface area contributed by atoms with Gasteiger partial charge in [0.05, 0.1) is 29.1 Å². The maximum absolute atomic E-state index is 12.6. The van der Waals surface area contributed by atoms with Crippen molar-refractivity contribution in [2.45, 2.75) is 6.54 Å². The quantitative estimate of drug-likeness (QED) is 0.357. The normalized spacial score (nSPS) is 10.9. The van der Waals surface area contributed by atoms with Gasteiger partial charge in [-0.2, -0.15) is 10.2 Å². The van der Waals surface area contributed by atoms with Crippen LogP contribution in [0.4, 0.5) is 5.69 Å². The topological polar surface area (TPSA) is 75.6 Å². The number of carbonyl (C=O) groups is 1. The predicted octanol–water partition coefficient (Wildman–Crippen LogP) is 6.19. The SMILES string of the molecule is O=C(Nc1cnn(Cc2c(Cl)cccc2Cl)c1)c1cc(-c2ccc(Cl)cc2Cl)n[nH]1. The van der Waals surface area contributed by atoms with Gasteiger partial charge in [0.25, 0.3) is 5.91 Å². The maximum atomic E-state index is 12.6. The first-order valence-electron chi connectivity index (χ1n) is 8.68. The summed E-state index contributed by atoms with van der Waals surface area (Å²) in [7, 11) is 0. The largest absolute Gasteiger partial charge is 0.318 e. The van der Waals surface area contributed by atoms with Crippen molar-refractivity contribution in [3.05, 3.63) is 86.2 Å². The second-order valence-corrected chi connectivity index (χ2v) is 8.03. The summed E-state index contributed by atoms with van der Waals surface area (Å²) in [6.45, 7) is 0.373. The molecule has 2 aromatic carbocycles. The second-order valence-electron chi connectivity index (χ2n) is 6.37. The number of amides is 1. The highest BCUT2D eigenvalue weighted by atomic mass is 35.5. The molecule has 0 spiro atoms. The average Bonchev–Trinajstić information content (AvgIpc) is 3.35. The molecule has 0 saturated carbocycles. The van der Waals surface area contributed by atoms with Crippen molar-refractivity contribution in [3.8, 4) is 11.3 Å². The summed E-state index contributed by atoms with van der Waals surface area (Å²) in [5.74, 6) is -0.367. The average molecular weight is 481 g/mol. The molecule has 2 aromatic heterocycles. The number of hydrogen-bond acceptors (Lipinski definition) is 3. The maximum Gasteiger partial charge on any atom is 0.273 e. The highest BCUT2D eigenvalue weighted by Gasteiger charge is 2.15. The van der Waals surface area contributed by atoms with Gasteiger partial charge in [0.2, 0.25) is 0 Å². The molecule has 0 aliphatic carbocycles. The van der Waals surface area contributed by atoms with Crippen LogP contribution < -0.4 is 5.32 Å². The van der Waals surface area contributed by atoms with Crippen LogP contribution in [0.2, 0.25) is 20.1 Å². The van der Waals surface area contributed by atoms with Crippen molar-refractivity contribution in [2.75, 3.05) is 5.32 Å². The lowest BCUT2D eigenvalue weighted by Crippen LogP contribution is -2.11. The number of aromatic nitrogens is 4. The van der Waals surface area contributed by atoms with E-state index in [4.69, 9.17) is 46.4 Å². The number of rotatable bonds is 5. The Morgan fingerprint density at radius 2 is 1.80 bits per heavy atom. The molecule has 152 valence electrons. The third-order valence-corrected chi connectivity index (χ3v) is 5.56. The van der Waals surface area contributed by atoms with Crippen molar-refractivity contribution in [1.29, 1.82) is 0 Å². The molecular weight excluding hydrogens is 468 g/mol. The Hall–Kier alpha value is -2.51. The van der Waals surface area contributed by atoms with Crippen LogP contribution in [0.1, 0.15) is 16.1 Å². The summed E-state index contributed by atoms with van der Waals surface area (Å²) in [5.41, 5.74) is 2.74. The lowest BCUT2D eigenvalue weighted by Gasteiger charge is -2.06. The third-order valence-electron chi connectivity index (χ3n) is 4.30. The van der Waals surface area contributed by atoms with E-state index in [-0.39, 0.29) is 11.6 Å². The Morgan fingerprint density at radius 1 is 1.03 bits per heavy atom.